The number of aryl methyl sites for hydroxylation is 1. The number of amidine groups is 1. The van der Waals surface area contributed by atoms with Crippen molar-refractivity contribution in [1.29, 1.82) is 0 Å². The van der Waals surface area contributed by atoms with Gasteiger partial charge in [0.15, 0.2) is 5.17 Å². The van der Waals surface area contributed by atoms with Crippen LogP contribution in [0.15, 0.2) is 34.7 Å². The number of thioether (sulfide) groups is 1. The summed E-state index contributed by atoms with van der Waals surface area (Å²) in [7, 11) is 0. The fourth-order valence-electron chi connectivity index (χ4n) is 2.73. The molecule has 0 radical (unpaired) electrons. The Bertz CT molecular complexity index is 668. The van der Waals surface area contributed by atoms with Crippen LogP contribution < -0.4 is 0 Å². The van der Waals surface area contributed by atoms with Gasteiger partial charge in [0.05, 0.1) is 16.7 Å². The highest BCUT2D eigenvalue weighted by Crippen LogP contribution is 2.30. The molecular formula is C18H25N3O2S. The van der Waals surface area contributed by atoms with Crippen LogP contribution in [0.3, 0.4) is 0 Å². The summed E-state index contributed by atoms with van der Waals surface area (Å²) in [4.78, 5) is 17.7. The molecule has 1 aromatic carbocycles. The first-order chi connectivity index (χ1) is 11.3. The summed E-state index contributed by atoms with van der Waals surface area (Å²) >= 11 is 1.61. The van der Waals surface area contributed by atoms with Gasteiger partial charge in [-0.05, 0) is 35.8 Å². The molecule has 2 rings (SSSR count). The first-order valence-electron chi connectivity index (χ1n) is 8.23. The highest BCUT2D eigenvalue weighted by Gasteiger charge is 2.26. The molecule has 0 fully saturated rings. The van der Waals surface area contributed by atoms with Gasteiger partial charge in [-0.1, -0.05) is 45.5 Å². The minimum absolute atomic E-state index is 0.103. The lowest BCUT2D eigenvalue weighted by atomic mass is 10.0. The number of nitro groups is 1. The number of non-ortho nitro benzene ring substituents is 1. The molecular weight excluding hydrogens is 322 g/mol. The van der Waals surface area contributed by atoms with Gasteiger partial charge in [0.25, 0.3) is 5.69 Å². The van der Waals surface area contributed by atoms with Gasteiger partial charge in [0, 0.05) is 18.7 Å². The first-order valence-corrected chi connectivity index (χ1v) is 9.11. The molecule has 6 heteroatoms. The summed E-state index contributed by atoms with van der Waals surface area (Å²) in [5.41, 5.74) is 1.71. The Labute approximate surface area is 148 Å². The van der Waals surface area contributed by atoms with E-state index in [0.717, 1.165) is 23.0 Å². The average Bonchev–Trinajstić information content (AvgIpc) is 2.49. The van der Waals surface area contributed by atoms with E-state index in [1.807, 2.05) is 6.92 Å². The van der Waals surface area contributed by atoms with E-state index in [0.29, 0.717) is 17.9 Å². The molecule has 0 unspecified atom stereocenters. The Morgan fingerprint density at radius 1 is 1.33 bits per heavy atom. The topological polar surface area (TPSA) is 58.7 Å². The zero-order valence-corrected chi connectivity index (χ0v) is 15.7. The van der Waals surface area contributed by atoms with Crippen LogP contribution in [0.2, 0.25) is 0 Å². The van der Waals surface area contributed by atoms with Crippen LogP contribution in [0.25, 0.3) is 0 Å². The molecule has 0 spiro atoms. The SMILES string of the molecule is Cc1cc([N+](=O)[O-])ccc1N=C1SC=C[C@@H](C(C)C)N1CC(C)C. The second-order valence-corrected chi connectivity index (χ2v) is 7.72. The van der Waals surface area contributed by atoms with Crippen LogP contribution >= 0.6 is 11.8 Å². The predicted molar refractivity (Wildman–Crippen MR) is 102 cm³/mol. The Morgan fingerprint density at radius 3 is 2.58 bits per heavy atom. The highest BCUT2D eigenvalue weighted by atomic mass is 32.2. The molecule has 1 heterocycles. The Hall–Kier alpha value is -1.82. The normalized spacial score (nSPS) is 19.5. The highest BCUT2D eigenvalue weighted by molar-refractivity contribution is 8.16. The molecule has 1 aliphatic rings. The maximum atomic E-state index is 10.9. The van der Waals surface area contributed by atoms with Crippen molar-refractivity contribution in [2.75, 3.05) is 6.54 Å². The van der Waals surface area contributed by atoms with E-state index in [2.05, 4.69) is 44.1 Å². The molecule has 0 bridgehead atoms. The summed E-state index contributed by atoms with van der Waals surface area (Å²) < 4.78 is 0. The second-order valence-electron chi connectivity index (χ2n) is 6.85. The van der Waals surface area contributed by atoms with Crippen LogP contribution in [0.4, 0.5) is 11.4 Å². The van der Waals surface area contributed by atoms with Gasteiger partial charge in [0.1, 0.15) is 0 Å². The van der Waals surface area contributed by atoms with Crippen LogP contribution in [-0.2, 0) is 0 Å². The molecule has 1 atom stereocenters. The summed E-state index contributed by atoms with van der Waals surface area (Å²) in [5, 5.41) is 14.0. The first kappa shape index (κ1) is 18.5. The number of rotatable bonds is 5. The molecule has 5 nitrogen and oxygen atoms in total. The zero-order chi connectivity index (χ0) is 17.9. The predicted octanol–water partition coefficient (Wildman–Crippen LogP) is 5.13. The van der Waals surface area contributed by atoms with E-state index >= 15 is 0 Å². The minimum Gasteiger partial charge on any atom is -0.344 e. The second kappa shape index (κ2) is 7.83. The standard InChI is InChI=1S/C18H25N3O2S/c1-12(2)11-20-17(13(3)4)8-9-24-18(20)19-16-7-6-15(21(22)23)10-14(16)5/h6-10,12-13,17H,11H2,1-5H3/t17-/m0/s1. The number of hydrogen-bond acceptors (Lipinski definition) is 4. The van der Waals surface area contributed by atoms with E-state index in [4.69, 9.17) is 4.99 Å². The molecule has 0 N–H and O–H groups in total. The van der Waals surface area contributed by atoms with Crippen molar-refractivity contribution in [2.24, 2.45) is 16.8 Å². The third kappa shape index (κ3) is 4.38. The van der Waals surface area contributed by atoms with Crippen molar-refractivity contribution in [3.05, 3.63) is 45.4 Å². The Balaban J connectivity index is 2.38. The zero-order valence-electron chi connectivity index (χ0n) is 14.9. The molecule has 0 saturated heterocycles. The molecule has 0 amide bonds. The van der Waals surface area contributed by atoms with Crippen molar-refractivity contribution in [3.8, 4) is 0 Å². The summed E-state index contributed by atoms with van der Waals surface area (Å²) in [6, 6.07) is 5.15. The van der Waals surface area contributed by atoms with Crippen LogP contribution in [0.1, 0.15) is 33.3 Å². The molecule has 130 valence electrons. The number of benzene rings is 1. The van der Waals surface area contributed by atoms with Gasteiger partial charge in [0.2, 0.25) is 0 Å². The third-order valence-electron chi connectivity index (χ3n) is 3.91. The maximum Gasteiger partial charge on any atom is 0.269 e. The molecule has 1 aromatic rings. The number of nitro benzene ring substituents is 1. The summed E-state index contributed by atoms with van der Waals surface area (Å²) in [6.07, 6.45) is 2.24. The van der Waals surface area contributed by atoms with Gasteiger partial charge in [-0.3, -0.25) is 10.1 Å². The van der Waals surface area contributed by atoms with Crippen LogP contribution in [0, 0.1) is 28.9 Å². The fourth-order valence-corrected chi connectivity index (χ4v) is 3.57. The summed E-state index contributed by atoms with van der Waals surface area (Å²) in [5.74, 6) is 1.02. The third-order valence-corrected chi connectivity index (χ3v) is 4.74. The molecule has 1 aliphatic heterocycles. The lowest BCUT2D eigenvalue weighted by molar-refractivity contribution is -0.384. The Morgan fingerprint density at radius 2 is 2.04 bits per heavy atom. The monoisotopic (exact) mass is 347 g/mol. The van der Waals surface area contributed by atoms with Gasteiger partial charge in [-0.2, -0.15) is 0 Å². The quantitative estimate of drug-likeness (QED) is 0.547. The van der Waals surface area contributed by atoms with E-state index in [1.165, 1.54) is 6.07 Å². The van der Waals surface area contributed by atoms with Gasteiger partial charge in [-0.15, -0.1) is 0 Å². The fraction of sp³-hybridized carbons (Fsp3) is 0.500. The summed E-state index contributed by atoms with van der Waals surface area (Å²) in [6.45, 7) is 11.6. The average molecular weight is 347 g/mol. The van der Waals surface area contributed by atoms with Crippen molar-refractivity contribution in [2.45, 2.75) is 40.7 Å². The van der Waals surface area contributed by atoms with Gasteiger partial charge in [-0.25, -0.2) is 4.99 Å². The lowest BCUT2D eigenvalue weighted by Gasteiger charge is -2.38. The van der Waals surface area contributed by atoms with Gasteiger partial charge < -0.3 is 4.90 Å². The lowest BCUT2D eigenvalue weighted by Crippen LogP contribution is -2.44. The maximum absolute atomic E-state index is 10.9. The van der Waals surface area contributed by atoms with Crippen LogP contribution in [-0.4, -0.2) is 27.6 Å². The van der Waals surface area contributed by atoms with Crippen molar-refractivity contribution < 1.29 is 4.92 Å². The molecule has 24 heavy (non-hydrogen) atoms. The molecule has 0 saturated carbocycles. The Kier molecular flexibility index (Phi) is 6.04. The van der Waals surface area contributed by atoms with E-state index in [9.17, 15) is 10.1 Å². The van der Waals surface area contributed by atoms with E-state index in [1.54, 1.807) is 23.9 Å². The van der Waals surface area contributed by atoms with Crippen molar-refractivity contribution >= 4 is 28.3 Å². The van der Waals surface area contributed by atoms with Crippen molar-refractivity contribution in [3.63, 3.8) is 0 Å². The van der Waals surface area contributed by atoms with Crippen LogP contribution in [0.5, 0.6) is 0 Å². The molecule has 0 aliphatic carbocycles. The van der Waals surface area contributed by atoms with Crippen molar-refractivity contribution in [1.82, 2.24) is 4.90 Å². The number of hydrogen-bond donors (Lipinski definition) is 0. The largest absolute Gasteiger partial charge is 0.344 e. The van der Waals surface area contributed by atoms with E-state index < -0.39 is 0 Å². The number of nitrogens with zero attached hydrogens (tertiary/aromatic N) is 3. The minimum atomic E-state index is -0.373. The smallest absolute Gasteiger partial charge is 0.269 e. The van der Waals surface area contributed by atoms with E-state index in [-0.39, 0.29) is 10.6 Å². The van der Waals surface area contributed by atoms with Gasteiger partial charge >= 0.3 is 0 Å². The molecule has 0 aromatic heterocycles. The number of aliphatic imine (C=N–C) groups is 1.